The topological polar surface area (TPSA) is 57.6 Å². The standard InChI is InChI=1S/C20H23NO3/c22-19(21-13-4-3-9-18(21)20(23)24)10-5-6-15-11-12-16-7-1-2-8-17(16)14-15/h1-2,7-8,11-12,14,18H,3-6,9-10,13H2,(H,23,24)/t18-/m1/s1. The number of hydrogen-bond donors (Lipinski definition) is 1. The minimum Gasteiger partial charge on any atom is -0.480 e. The van der Waals surface area contributed by atoms with Gasteiger partial charge in [-0.25, -0.2) is 4.79 Å². The Bertz CT molecular complexity index is 740. The Hall–Kier alpha value is -2.36. The van der Waals surface area contributed by atoms with Crippen molar-refractivity contribution in [3.05, 3.63) is 48.0 Å². The summed E-state index contributed by atoms with van der Waals surface area (Å²) in [5.41, 5.74) is 1.22. The highest BCUT2D eigenvalue weighted by atomic mass is 16.4. The molecule has 0 unspecified atom stereocenters. The summed E-state index contributed by atoms with van der Waals surface area (Å²) < 4.78 is 0. The van der Waals surface area contributed by atoms with E-state index in [1.807, 2.05) is 12.1 Å². The van der Waals surface area contributed by atoms with Gasteiger partial charge in [0.2, 0.25) is 5.91 Å². The summed E-state index contributed by atoms with van der Waals surface area (Å²) in [5.74, 6) is -0.902. The van der Waals surface area contributed by atoms with Gasteiger partial charge in [0.1, 0.15) is 6.04 Å². The number of carboxylic acids is 1. The zero-order chi connectivity index (χ0) is 16.9. The van der Waals surface area contributed by atoms with E-state index in [2.05, 4.69) is 30.3 Å². The Morgan fingerprint density at radius 2 is 1.88 bits per heavy atom. The molecule has 1 amide bonds. The molecule has 0 saturated carbocycles. The lowest BCUT2D eigenvalue weighted by molar-refractivity contribution is -0.152. The molecule has 126 valence electrons. The predicted octanol–water partition coefficient (Wildman–Crippen LogP) is 3.63. The predicted molar refractivity (Wildman–Crippen MR) is 93.9 cm³/mol. The van der Waals surface area contributed by atoms with Gasteiger partial charge < -0.3 is 10.0 Å². The SMILES string of the molecule is O=C(O)[C@H]1CCCCN1C(=O)CCCc1ccc2ccccc2c1. The lowest BCUT2D eigenvalue weighted by Gasteiger charge is -2.33. The zero-order valence-corrected chi connectivity index (χ0v) is 13.8. The van der Waals surface area contributed by atoms with Crippen LogP contribution in [0, 0.1) is 0 Å². The molecule has 0 bridgehead atoms. The van der Waals surface area contributed by atoms with Crippen LogP contribution in [0.2, 0.25) is 0 Å². The minimum atomic E-state index is -0.877. The Balaban J connectivity index is 1.56. The number of nitrogens with zero attached hydrogens (tertiary/aromatic N) is 1. The first-order valence-corrected chi connectivity index (χ1v) is 8.65. The molecule has 0 spiro atoms. The number of carboxylic acid groups (broad SMARTS) is 1. The molecule has 0 radical (unpaired) electrons. The van der Waals surface area contributed by atoms with Crippen LogP contribution >= 0.6 is 0 Å². The zero-order valence-electron chi connectivity index (χ0n) is 13.8. The largest absolute Gasteiger partial charge is 0.480 e. The van der Waals surface area contributed by atoms with Gasteiger partial charge in [0, 0.05) is 13.0 Å². The molecule has 1 saturated heterocycles. The van der Waals surface area contributed by atoms with Gasteiger partial charge >= 0.3 is 5.97 Å². The van der Waals surface area contributed by atoms with Crippen molar-refractivity contribution in [1.29, 1.82) is 0 Å². The van der Waals surface area contributed by atoms with E-state index in [-0.39, 0.29) is 5.91 Å². The molecule has 0 aromatic heterocycles. The molecule has 2 aromatic rings. The normalized spacial score (nSPS) is 17.8. The van der Waals surface area contributed by atoms with Crippen LogP contribution in [0.3, 0.4) is 0 Å². The lowest BCUT2D eigenvalue weighted by Crippen LogP contribution is -2.47. The molecule has 1 aliphatic heterocycles. The number of aryl methyl sites for hydroxylation is 1. The fraction of sp³-hybridized carbons (Fsp3) is 0.400. The second-order valence-electron chi connectivity index (χ2n) is 6.47. The summed E-state index contributed by atoms with van der Waals surface area (Å²) in [6.45, 7) is 0.575. The minimum absolute atomic E-state index is 0.0251. The molecule has 1 N–H and O–H groups in total. The van der Waals surface area contributed by atoms with Gasteiger partial charge in [-0.3, -0.25) is 4.79 Å². The van der Waals surface area contributed by atoms with Gasteiger partial charge in [0.25, 0.3) is 0 Å². The fourth-order valence-corrected chi connectivity index (χ4v) is 3.47. The van der Waals surface area contributed by atoms with Crippen molar-refractivity contribution in [3.63, 3.8) is 0 Å². The third-order valence-electron chi connectivity index (χ3n) is 4.78. The van der Waals surface area contributed by atoms with Crippen molar-refractivity contribution < 1.29 is 14.7 Å². The molecule has 1 heterocycles. The van der Waals surface area contributed by atoms with Crippen molar-refractivity contribution in [1.82, 2.24) is 4.90 Å². The maximum absolute atomic E-state index is 12.4. The van der Waals surface area contributed by atoms with Crippen molar-refractivity contribution in [3.8, 4) is 0 Å². The van der Waals surface area contributed by atoms with Gasteiger partial charge in [-0.05, 0) is 48.4 Å². The van der Waals surface area contributed by atoms with Crippen LogP contribution < -0.4 is 0 Å². The highest BCUT2D eigenvalue weighted by Crippen LogP contribution is 2.20. The monoisotopic (exact) mass is 325 g/mol. The second-order valence-corrected chi connectivity index (χ2v) is 6.47. The van der Waals surface area contributed by atoms with Crippen LogP contribution in [-0.2, 0) is 16.0 Å². The van der Waals surface area contributed by atoms with Crippen molar-refractivity contribution in [2.45, 2.75) is 44.6 Å². The Morgan fingerprint density at radius 3 is 2.67 bits per heavy atom. The first-order valence-electron chi connectivity index (χ1n) is 8.65. The number of amides is 1. The van der Waals surface area contributed by atoms with Gasteiger partial charge in [-0.1, -0.05) is 42.5 Å². The Morgan fingerprint density at radius 1 is 1.08 bits per heavy atom. The van der Waals surface area contributed by atoms with E-state index < -0.39 is 12.0 Å². The van der Waals surface area contributed by atoms with E-state index in [1.165, 1.54) is 16.3 Å². The van der Waals surface area contributed by atoms with E-state index in [0.717, 1.165) is 25.7 Å². The lowest BCUT2D eigenvalue weighted by atomic mass is 10.00. The number of aliphatic carboxylic acids is 1. The maximum Gasteiger partial charge on any atom is 0.326 e. The van der Waals surface area contributed by atoms with E-state index in [4.69, 9.17) is 0 Å². The van der Waals surface area contributed by atoms with Crippen LogP contribution in [0.4, 0.5) is 0 Å². The number of likely N-dealkylation sites (tertiary alicyclic amines) is 1. The molecule has 3 rings (SSSR count). The van der Waals surface area contributed by atoms with Gasteiger partial charge in [-0.15, -0.1) is 0 Å². The highest BCUT2D eigenvalue weighted by molar-refractivity contribution is 5.84. The smallest absolute Gasteiger partial charge is 0.326 e. The number of carbonyl (C=O) groups is 2. The molecule has 1 fully saturated rings. The van der Waals surface area contributed by atoms with Crippen LogP contribution in [-0.4, -0.2) is 34.5 Å². The Kier molecular flexibility index (Phi) is 5.14. The molecule has 1 atom stereocenters. The first-order chi connectivity index (χ1) is 11.6. The third kappa shape index (κ3) is 3.75. The maximum atomic E-state index is 12.4. The fourth-order valence-electron chi connectivity index (χ4n) is 3.47. The first kappa shape index (κ1) is 16.5. The average molecular weight is 325 g/mol. The summed E-state index contributed by atoms with van der Waals surface area (Å²) in [7, 11) is 0. The van der Waals surface area contributed by atoms with Crippen LogP contribution in [0.1, 0.15) is 37.7 Å². The third-order valence-corrected chi connectivity index (χ3v) is 4.78. The van der Waals surface area contributed by atoms with E-state index in [9.17, 15) is 14.7 Å². The average Bonchev–Trinajstić information content (AvgIpc) is 2.61. The molecular weight excluding hydrogens is 302 g/mol. The number of fused-ring (bicyclic) bond motifs is 1. The van der Waals surface area contributed by atoms with Crippen LogP contribution in [0.5, 0.6) is 0 Å². The number of rotatable bonds is 5. The number of carbonyl (C=O) groups excluding carboxylic acids is 1. The van der Waals surface area contributed by atoms with Crippen molar-refractivity contribution in [2.24, 2.45) is 0 Å². The quantitative estimate of drug-likeness (QED) is 0.913. The molecule has 2 aromatic carbocycles. The van der Waals surface area contributed by atoms with E-state index >= 15 is 0 Å². The second kappa shape index (κ2) is 7.47. The number of hydrogen-bond acceptors (Lipinski definition) is 2. The van der Waals surface area contributed by atoms with Crippen LogP contribution in [0.15, 0.2) is 42.5 Å². The van der Waals surface area contributed by atoms with Crippen LogP contribution in [0.25, 0.3) is 10.8 Å². The number of benzene rings is 2. The molecular formula is C20H23NO3. The Labute approximate surface area is 142 Å². The van der Waals surface area contributed by atoms with Crippen molar-refractivity contribution >= 4 is 22.6 Å². The molecule has 24 heavy (non-hydrogen) atoms. The number of piperidine rings is 1. The van der Waals surface area contributed by atoms with Gasteiger partial charge in [0.15, 0.2) is 0 Å². The highest BCUT2D eigenvalue weighted by Gasteiger charge is 2.31. The van der Waals surface area contributed by atoms with Gasteiger partial charge in [-0.2, -0.15) is 0 Å². The molecule has 0 aliphatic carbocycles. The summed E-state index contributed by atoms with van der Waals surface area (Å²) in [5, 5.41) is 11.7. The van der Waals surface area contributed by atoms with E-state index in [1.54, 1.807) is 4.90 Å². The molecule has 1 aliphatic rings. The summed E-state index contributed by atoms with van der Waals surface area (Å²) in [6.07, 6.45) is 4.36. The van der Waals surface area contributed by atoms with E-state index in [0.29, 0.717) is 19.4 Å². The summed E-state index contributed by atoms with van der Waals surface area (Å²) >= 11 is 0. The van der Waals surface area contributed by atoms with Crippen molar-refractivity contribution in [2.75, 3.05) is 6.54 Å². The van der Waals surface area contributed by atoms with Gasteiger partial charge in [0.05, 0.1) is 0 Å². The molecule has 4 nitrogen and oxygen atoms in total. The summed E-state index contributed by atoms with van der Waals surface area (Å²) in [4.78, 5) is 25.2. The molecule has 4 heteroatoms. The summed E-state index contributed by atoms with van der Waals surface area (Å²) in [6, 6.07) is 14.0.